The Hall–Kier alpha value is -2.08. The van der Waals surface area contributed by atoms with Gasteiger partial charge < -0.3 is 15.4 Å². The molecule has 2 unspecified atom stereocenters. The van der Waals surface area contributed by atoms with Gasteiger partial charge in [-0.1, -0.05) is 59.6 Å². The van der Waals surface area contributed by atoms with Gasteiger partial charge in [0.25, 0.3) is 5.91 Å². The van der Waals surface area contributed by atoms with E-state index >= 15 is 0 Å². The van der Waals surface area contributed by atoms with Crippen molar-refractivity contribution < 1.29 is 14.3 Å². The van der Waals surface area contributed by atoms with Crippen molar-refractivity contribution in [3.05, 3.63) is 69.7 Å². The van der Waals surface area contributed by atoms with Crippen LogP contribution in [0.3, 0.4) is 0 Å². The number of carbonyl (C=O) groups is 2. The van der Waals surface area contributed by atoms with Crippen LogP contribution < -0.4 is 10.6 Å². The molecule has 0 aliphatic rings. The summed E-state index contributed by atoms with van der Waals surface area (Å²) in [6.07, 6.45) is 0.668. The van der Waals surface area contributed by atoms with Gasteiger partial charge in [0.05, 0.1) is 21.7 Å². The molecule has 2 rings (SSSR count). The van der Waals surface area contributed by atoms with Crippen LogP contribution in [-0.4, -0.2) is 31.0 Å². The van der Waals surface area contributed by atoms with Crippen molar-refractivity contribution in [3.63, 3.8) is 0 Å². The zero-order chi connectivity index (χ0) is 20.5. The first-order valence-corrected chi connectivity index (χ1v) is 9.85. The van der Waals surface area contributed by atoms with Crippen LogP contribution in [0, 0.1) is 0 Å². The Kier molecular flexibility index (Phi) is 8.77. The van der Waals surface area contributed by atoms with E-state index < -0.39 is 11.9 Å². The number of ether oxygens (including phenoxy) is 1. The summed E-state index contributed by atoms with van der Waals surface area (Å²) in [5.74, 6) is -0.724. The second-order valence-corrected chi connectivity index (χ2v) is 7.15. The minimum Gasteiger partial charge on any atom is -0.374 e. The summed E-state index contributed by atoms with van der Waals surface area (Å²) >= 11 is 11.9. The number of halogens is 2. The van der Waals surface area contributed by atoms with Crippen LogP contribution in [0.1, 0.15) is 42.3 Å². The standard InChI is InChI=1S/C21H24Cl2N2O3/c1-14(25-21(27)17-10-6-11-18(22)19(17)23)20(26)24-12-7-13-28-15(2)16-8-4-3-5-9-16/h3-6,8-11,14-15H,7,12-13H2,1-2H3,(H,24,26)(H,25,27). The average Bonchev–Trinajstić information content (AvgIpc) is 2.69. The maximum absolute atomic E-state index is 12.3. The normalized spacial score (nSPS) is 12.9. The molecule has 28 heavy (non-hydrogen) atoms. The fourth-order valence-electron chi connectivity index (χ4n) is 2.54. The van der Waals surface area contributed by atoms with Gasteiger partial charge in [0.2, 0.25) is 5.91 Å². The third kappa shape index (κ3) is 6.51. The van der Waals surface area contributed by atoms with E-state index in [1.165, 1.54) is 0 Å². The molecule has 2 atom stereocenters. The monoisotopic (exact) mass is 422 g/mol. The van der Waals surface area contributed by atoms with Gasteiger partial charge in [-0.2, -0.15) is 0 Å². The molecule has 0 saturated carbocycles. The van der Waals surface area contributed by atoms with Crippen molar-refractivity contribution in [2.24, 2.45) is 0 Å². The summed E-state index contributed by atoms with van der Waals surface area (Å²) in [7, 11) is 0. The highest BCUT2D eigenvalue weighted by Gasteiger charge is 2.18. The highest BCUT2D eigenvalue weighted by Crippen LogP contribution is 2.25. The SMILES string of the molecule is CC(NC(=O)c1cccc(Cl)c1Cl)C(=O)NCCCOC(C)c1ccccc1. The predicted molar refractivity (Wildman–Crippen MR) is 112 cm³/mol. The first kappa shape index (κ1) is 22.2. The van der Waals surface area contributed by atoms with Gasteiger partial charge in [-0.15, -0.1) is 0 Å². The molecule has 5 nitrogen and oxygen atoms in total. The lowest BCUT2D eigenvalue weighted by molar-refractivity contribution is -0.122. The molecule has 0 aliphatic carbocycles. The van der Waals surface area contributed by atoms with E-state index in [1.54, 1.807) is 25.1 Å². The van der Waals surface area contributed by atoms with Crippen LogP contribution >= 0.6 is 23.2 Å². The highest BCUT2D eigenvalue weighted by atomic mass is 35.5. The predicted octanol–water partition coefficient (Wildman–Crippen LogP) is 4.40. The second kappa shape index (κ2) is 11.1. The lowest BCUT2D eigenvalue weighted by Crippen LogP contribution is -2.45. The molecule has 150 valence electrons. The fraction of sp³-hybridized carbons (Fsp3) is 0.333. The van der Waals surface area contributed by atoms with E-state index in [2.05, 4.69) is 10.6 Å². The number of nitrogens with one attached hydrogen (secondary N) is 2. The van der Waals surface area contributed by atoms with Crippen molar-refractivity contribution in [2.75, 3.05) is 13.2 Å². The molecule has 2 amide bonds. The summed E-state index contributed by atoms with van der Waals surface area (Å²) in [5.41, 5.74) is 1.35. The third-order valence-corrected chi connectivity index (χ3v) is 5.01. The fourth-order valence-corrected chi connectivity index (χ4v) is 2.92. The summed E-state index contributed by atoms with van der Waals surface area (Å²) in [5, 5.41) is 5.86. The first-order valence-electron chi connectivity index (χ1n) is 9.09. The Bertz CT molecular complexity index is 799. The molecule has 0 spiro atoms. The highest BCUT2D eigenvalue weighted by molar-refractivity contribution is 6.43. The lowest BCUT2D eigenvalue weighted by Gasteiger charge is -2.16. The van der Waals surface area contributed by atoms with Gasteiger partial charge in [-0.05, 0) is 38.0 Å². The van der Waals surface area contributed by atoms with Crippen LogP contribution in [0.25, 0.3) is 0 Å². The van der Waals surface area contributed by atoms with Gasteiger partial charge >= 0.3 is 0 Å². The molecular weight excluding hydrogens is 399 g/mol. The van der Waals surface area contributed by atoms with E-state index in [9.17, 15) is 9.59 Å². The Morgan fingerprint density at radius 1 is 1.04 bits per heavy atom. The van der Waals surface area contributed by atoms with Crippen molar-refractivity contribution in [1.82, 2.24) is 10.6 Å². The largest absolute Gasteiger partial charge is 0.374 e. The first-order chi connectivity index (χ1) is 13.4. The average molecular weight is 423 g/mol. The Morgan fingerprint density at radius 3 is 2.46 bits per heavy atom. The van der Waals surface area contributed by atoms with Gasteiger partial charge in [0.1, 0.15) is 6.04 Å². The Morgan fingerprint density at radius 2 is 1.75 bits per heavy atom. The minimum atomic E-state index is -0.702. The molecule has 0 radical (unpaired) electrons. The van der Waals surface area contributed by atoms with Gasteiger partial charge in [-0.25, -0.2) is 0 Å². The molecule has 0 fully saturated rings. The number of benzene rings is 2. The molecule has 2 aromatic carbocycles. The van der Waals surface area contributed by atoms with E-state index in [-0.39, 0.29) is 27.6 Å². The van der Waals surface area contributed by atoms with Gasteiger partial charge in [-0.3, -0.25) is 9.59 Å². The number of amides is 2. The lowest BCUT2D eigenvalue weighted by atomic mass is 10.1. The van der Waals surface area contributed by atoms with E-state index in [1.807, 2.05) is 37.3 Å². The topological polar surface area (TPSA) is 67.4 Å². The smallest absolute Gasteiger partial charge is 0.253 e. The van der Waals surface area contributed by atoms with Crippen LogP contribution in [-0.2, 0) is 9.53 Å². The molecule has 2 aromatic rings. The maximum Gasteiger partial charge on any atom is 0.253 e. The van der Waals surface area contributed by atoms with Crippen LogP contribution in [0.4, 0.5) is 0 Å². The number of hydrogen-bond donors (Lipinski definition) is 2. The zero-order valence-corrected chi connectivity index (χ0v) is 17.4. The molecule has 0 heterocycles. The van der Waals surface area contributed by atoms with Crippen LogP contribution in [0.5, 0.6) is 0 Å². The quantitative estimate of drug-likeness (QED) is 0.588. The molecule has 0 aliphatic heterocycles. The zero-order valence-electron chi connectivity index (χ0n) is 15.9. The molecule has 2 N–H and O–H groups in total. The van der Waals surface area contributed by atoms with Crippen molar-refractivity contribution >= 4 is 35.0 Å². The number of carbonyl (C=O) groups excluding carboxylic acids is 2. The van der Waals surface area contributed by atoms with E-state index in [4.69, 9.17) is 27.9 Å². The van der Waals surface area contributed by atoms with Crippen LogP contribution in [0.2, 0.25) is 10.0 Å². The minimum absolute atomic E-state index is 0.00226. The Labute approximate surface area is 175 Å². The van der Waals surface area contributed by atoms with E-state index in [0.717, 1.165) is 5.56 Å². The number of hydrogen-bond acceptors (Lipinski definition) is 3. The van der Waals surface area contributed by atoms with E-state index in [0.29, 0.717) is 19.6 Å². The van der Waals surface area contributed by atoms with Gasteiger partial charge in [0, 0.05) is 13.2 Å². The van der Waals surface area contributed by atoms with Crippen LogP contribution in [0.15, 0.2) is 48.5 Å². The van der Waals surface area contributed by atoms with Crippen molar-refractivity contribution in [1.29, 1.82) is 0 Å². The Balaban J connectivity index is 1.69. The molecule has 7 heteroatoms. The summed E-state index contributed by atoms with van der Waals surface area (Å²) in [6, 6.07) is 14.0. The van der Waals surface area contributed by atoms with Gasteiger partial charge in [0.15, 0.2) is 0 Å². The molecule has 0 bridgehead atoms. The molecule has 0 aromatic heterocycles. The number of rotatable bonds is 9. The van der Waals surface area contributed by atoms with Crippen molar-refractivity contribution in [3.8, 4) is 0 Å². The summed E-state index contributed by atoms with van der Waals surface area (Å²) < 4.78 is 5.77. The second-order valence-electron chi connectivity index (χ2n) is 6.36. The molecular formula is C21H24Cl2N2O3. The third-order valence-electron chi connectivity index (χ3n) is 4.19. The van der Waals surface area contributed by atoms with Crippen molar-refractivity contribution in [2.45, 2.75) is 32.4 Å². The molecule has 0 saturated heterocycles. The summed E-state index contributed by atoms with van der Waals surface area (Å²) in [6.45, 7) is 4.58. The maximum atomic E-state index is 12.3. The summed E-state index contributed by atoms with van der Waals surface area (Å²) in [4.78, 5) is 24.4.